The molecule has 0 unspecified atom stereocenters. The maximum Gasteiger partial charge on any atom is 0.256 e. The Bertz CT molecular complexity index is 1280. The largest absolute Gasteiger partial charge is 0.467 e. The number of benzene rings is 1. The molecule has 0 saturated carbocycles. The van der Waals surface area contributed by atoms with Crippen LogP contribution in [0.5, 0.6) is 0 Å². The van der Waals surface area contributed by atoms with E-state index in [0.29, 0.717) is 33.9 Å². The van der Waals surface area contributed by atoms with Crippen molar-refractivity contribution in [3.05, 3.63) is 77.4 Å². The van der Waals surface area contributed by atoms with Gasteiger partial charge in [0, 0.05) is 18.5 Å². The predicted molar refractivity (Wildman–Crippen MR) is 125 cm³/mol. The first-order valence-corrected chi connectivity index (χ1v) is 11.6. The highest BCUT2D eigenvalue weighted by molar-refractivity contribution is 8.00. The molecule has 2 atom stereocenters. The molecule has 0 aliphatic carbocycles. The second-order valence-electron chi connectivity index (χ2n) is 7.57. The van der Waals surface area contributed by atoms with E-state index in [1.165, 1.54) is 16.8 Å². The predicted octanol–water partition coefficient (Wildman–Crippen LogP) is 5.18. The van der Waals surface area contributed by atoms with E-state index < -0.39 is 5.25 Å². The minimum absolute atomic E-state index is 0.145. The zero-order chi connectivity index (χ0) is 22.9. The third-order valence-electron chi connectivity index (χ3n) is 5.39. The Morgan fingerprint density at radius 1 is 1.12 bits per heavy atom. The van der Waals surface area contributed by atoms with Crippen LogP contribution in [-0.4, -0.2) is 36.6 Å². The van der Waals surface area contributed by atoms with Crippen LogP contribution in [0.1, 0.15) is 30.7 Å². The van der Waals surface area contributed by atoms with Crippen molar-refractivity contribution >= 4 is 35.0 Å². The standard InChI is InChI=1S/C23H20ClN5O3S/c1-14(33-23-26-25-21(28(23)2)20-6-4-12-32-20)22(30)29-18(19-5-3-11-31-19)13-17(27-29)15-7-9-16(24)10-8-15/h3-12,14,18H,13H2,1-2H3/t14-,18-/m1/s1. The number of amides is 1. The van der Waals surface area contributed by atoms with E-state index in [1.54, 1.807) is 18.6 Å². The molecule has 0 fully saturated rings. The zero-order valence-electron chi connectivity index (χ0n) is 17.9. The van der Waals surface area contributed by atoms with Gasteiger partial charge in [-0.1, -0.05) is 35.5 Å². The van der Waals surface area contributed by atoms with E-state index in [1.807, 2.05) is 61.0 Å². The summed E-state index contributed by atoms with van der Waals surface area (Å²) in [7, 11) is 1.84. The molecule has 33 heavy (non-hydrogen) atoms. The minimum atomic E-state index is -0.455. The molecule has 4 aromatic rings. The highest BCUT2D eigenvalue weighted by Crippen LogP contribution is 2.36. The van der Waals surface area contributed by atoms with Gasteiger partial charge in [0.1, 0.15) is 11.8 Å². The number of furan rings is 2. The maximum atomic E-state index is 13.5. The number of thioether (sulfide) groups is 1. The van der Waals surface area contributed by atoms with Crippen LogP contribution in [0, 0.1) is 0 Å². The summed E-state index contributed by atoms with van der Waals surface area (Å²) >= 11 is 7.35. The Hall–Kier alpha value is -3.30. The summed E-state index contributed by atoms with van der Waals surface area (Å²) in [6.07, 6.45) is 3.73. The van der Waals surface area contributed by atoms with Crippen molar-refractivity contribution in [2.75, 3.05) is 0 Å². The van der Waals surface area contributed by atoms with Gasteiger partial charge in [-0.05, 0) is 48.9 Å². The number of rotatable bonds is 6. The fraction of sp³-hybridized carbons (Fsp3) is 0.217. The van der Waals surface area contributed by atoms with E-state index >= 15 is 0 Å². The van der Waals surface area contributed by atoms with Crippen LogP contribution < -0.4 is 0 Å². The number of hydrazone groups is 1. The molecule has 0 N–H and O–H groups in total. The molecule has 4 heterocycles. The summed E-state index contributed by atoms with van der Waals surface area (Å²) in [6, 6.07) is 14.4. The lowest BCUT2D eigenvalue weighted by Gasteiger charge is -2.22. The summed E-state index contributed by atoms with van der Waals surface area (Å²) in [5, 5.41) is 15.4. The van der Waals surface area contributed by atoms with Crippen LogP contribution in [0.3, 0.4) is 0 Å². The number of carbonyl (C=O) groups is 1. The van der Waals surface area contributed by atoms with Crippen LogP contribution in [0.4, 0.5) is 0 Å². The summed E-state index contributed by atoms with van der Waals surface area (Å²) in [5.41, 5.74) is 1.72. The number of aromatic nitrogens is 3. The number of carbonyl (C=O) groups excluding carboxylic acids is 1. The highest BCUT2D eigenvalue weighted by atomic mass is 35.5. The van der Waals surface area contributed by atoms with Crippen molar-refractivity contribution in [1.29, 1.82) is 0 Å². The van der Waals surface area contributed by atoms with Crippen LogP contribution in [-0.2, 0) is 11.8 Å². The Morgan fingerprint density at radius 2 is 1.88 bits per heavy atom. The van der Waals surface area contributed by atoms with Crippen molar-refractivity contribution in [2.45, 2.75) is 29.8 Å². The Morgan fingerprint density at radius 3 is 2.58 bits per heavy atom. The van der Waals surface area contributed by atoms with Crippen LogP contribution >= 0.6 is 23.4 Å². The molecule has 3 aromatic heterocycles. The summed E-state index contributed by atoms with van der Waals surface area (Å²) in [4.78, 5) is 13.5. The second-order valence-corrected chi connectivity index (χ2v) is 9.32. The second kappa shape index (κ2) is 8.92. The van der Waals surface area contributed by atoms with Gasteiger partial charge in [-0.15, -0.1) is 10.2 Å². The fourth-order valence-electron chi connectivity index (χ4n) is 3.67. The van der Waals surface area contributed by atoms with Gasteiger partial charge >= 0.3 is 0 Å². The maximum absolute atomic E-state index is 13.5. The first-order valence-electron chi connectivity index (χ1n) is 10.3. The zero-order valence-corrected chi connectivity index (χ0v) is 19.5. The van der Waals surface area contributed by atoms with Crippen LogP contribution in [0.25, 0.3) is 11.6 Å². The molecule has 0 spiro atoms. The van der Waals surface area contributed by atoms with Crippen molar-refractivity contribution in [3.8, 4) is 11.6 Å². The highest BCUT2D eigenvalue weighted by Gasteiger charge is 2.37. The number of nitrogens with zero attached hydrogens (tertiary/aromatic N) is 5. The van der Waals surface area contributed by atoms with Crippen molar-refractivity contribution in [2.24, 2.45) is 12.1 Å². The number of hydrogen-bond donors (Lipinski definition) is 0. The Kier molecular flexibility index (Phi) is 5.82. The van der Waals surface area contributed by atoms with Gasteiger partial charge < -0.3 is 13.4 Å². The Balaban J connectivity index is 1.39. The van der Waals surface area contributed by atoms with Gasteiger partial charge in [-0.3, -0.25) is 4.79 Å². The topological polar surface area (TPSA) is 89.7 Å². The average molecular weight is 482 g/mol. The lowest BCUT2D eigenvalue weighted by Crippen LogP contribution is -2.33. The van der Waals surface area contributed by atoms with Gasteiger partial charge in [0.2, 0.25) is 0 Å². The first-order chi connectivity index (χ1) is 16.0. The first kappa shape index (κ1) is 21.5. The molecule has 8 nitrogen and oxygen atoms in total. The number of halogens is 1. The van der Waals surface area contributed by atoms with Crippen molar-refractivity contribution in [1.82, 2.24) is 19.8 Å². The van der Waals surface area contributed by atoms with Crippen molar-refractivity contribution < 1.29 is 13.6 Å². The molecule has 1 amide bonds. The van der Waals surface area contributed by atoms with Crippen LogP contribution in [0.2, 0.25) is 5.02 Å². The van der Waals surface area contributed by atoms with E-state index in [9.17, 15) is 4.79 Å². The molecular weight excluding hydrogens is 462 g/mol. The van der Waals surface area contributed by atoms with Gasteiger partial charge in [0.05, 0.1) is 23.5 Å². The summed E-state index contributed by atoms with van der Waals surface area (Å²) in [5.74, 6) is 1.75. The van der Waals surface area contributed by atoms with E-state index in [0.717, 1.165) is 11.3 Å². The number of hydrogen-bond acceptors (Lipinski definition) is 7. The van der Waals surface area contributed by atoms with E-state index in [-0.39, 0.29) is 11.9 Å². The molecule has 168 valence electrons. The molecule has 10 heteroatoms. The average Bonchev–Trinajstić information content (AvgIpc) is 3.61. The molecule has 5 rings (SSSR count). The van der Waals surface area contributed by atoms with Gasteiger partial charge in [0.25, 0.3) is 5.91 Å². The molecule has 1 aliphatic heterocycles. The third-order valence-corrected chi connectivity index (χ3v) is 6.77. The van der Waals surface area contributed by atoms with E-state index in [4.69, 9.17) is 20.4 Å². The fourth-order valence-corrected chi connectivity index (χ4v) is 4.65. The quantitative estimate of drug-likeness (QED) is 0.352. The summed E-state index contributed by atoms with van der Waals surface area (Å²) < 4.78 is 12.9. The van der Waals surface area contributed by atoms with Gasteiger partial charge in [-0.25, -0.2) is 5.01 Å². The smallest absolute Gasteiger partial charge is 0.256 e. The molecule has 0 radical (unpaired) electrons. The van der Waals surface area contributed by atoms with Crippen molar-refractivity contribution in [3.63, 3.8) is 0 Å². The van der Waals surface area contributed by atoms with Gasteiger partial charge in [0.15, 0.2) is 16.7 Å². The normalized spacial score (nSPS) is 16.8. The molecule has 0 bridgehead atoms. The molecule has 1 aromatic carbocycles. The van der Waals surface area contributed by atoms with Crippen LogP contribution in [0.15, 0.2) is 80.1 Å². The van der Waals surface area contributed by atoms with E-state index in [2.05, 4.69) is 15.3 Å². The third kappa shape index (κ3) is 4.21. The molecule has 0 saturated heterocycles. The lowest BCUT2D eigenvalue weighted by molar-refractivity contribution is -0.132. The monoisotopic (exact) mass is 481 g/mol. The molecule has 1 aliphatic rings. The minimum Gasteiger partial charge on any atom is -0.467 e. The molecular formula is C23H20ClN5O3S. The summed E-state index contributed by atoms with van der Waals surface area (Å²) in [6.45, 7) is 1.84. The Labute approximate surface area is 199 Å². The lowest BCUT2D eigenvalue weighted by atomic mass is 10.0. The SMILES string of the molecule is C[C@@H](Sc1nnc(-c2ccco2)n1C)C(=O)N1N=C(c2ccc(Cl)cc2)C[C@@H]1c1ccco1. The van der Waals surface area contributed by atoms with Gasteiger partial charge in [-0.2, -0.15) is 5.10 Å².